The molecule has 0 saturated heterocycles. The fourth-order valence-corrected chi connectivity index (χ4v) is 2.30. The Balaban J connectivity index is 1.73. The van der Waals surface area contributed by atoms with E-state index in [2.05, 4.69) is 21.5 Å². The number of benzene rings is 2. The van der Waals surface area contributed by atoms with Crippen LogP contribution in [0.15, 0.2) is 47.0 Å². The summed E-state index contributed by atoms with van der Waals surface area (Å²) in [6.45, 7) is 0.356. The van der Waals surface area contributed by atoms with Crippen LogP contribution < -0.4 is 14.8 Å². The van der Waals surface area contributed by atoms with Gasteiger partial charge in [-0.1, -0.05) is 11.2 Å². The molecule has 3 rings (SSSR count). The number of nitrogens with zero attached hydrogens (tertiary/aromatic N) is 3. The molecule has 0 spiro atoms. The minimum atomic E-state index is 0.356. The molecule has 0 aliphatic carbocycles. The van der Waals surface area contributed by atoms with Gasteiger partial charge in [0.15, 0.2) is 11.5 Å². The average Bonchev–Trinajstić information content (AvgIpc) is 3.15. The van der Waals surface area contributed by atoms with Crippen molar-refractivity contribution in [3.63, 3.8) is 0 Å². The van der Waals surface area contributed by atoms with Crippen LogP contribution in [0.3, 0.4) is 0 Å². The molecule has 2 aromatic carbocycles. The SMILES string of the molecule is COc1ccc(-c2noc(CNc3cccc(C#N)c3)n2)cc1OC. The molecule has 1 heterocycles. The average molecular weight is 336 g/mol. The summed E-state index contributed by atoms with van der Waals surface area (Å²) in [4.78, 5) is 4.37. The Morgan fingerprint density at radius 1 is 1.12 bits per heavy atom. The largest absolute Gasteiger partial charge is 0.493 e. The number of ether oxygens (including phenoxy) is 2. The summed E-state index contributed by atoms with van der Waals surface area (Å²) in [5, 5.41) is 16.1. The van der Waals surface area contributed by atoms with Crippen LogP contribution in [0.4, 0.5) is 5.69 Å². The number of rotatable bonds is 6. The zero-order valence-corrected chi connectivity index (χ0v) is 13.8. The summed E-state index contributed by atoms with van der Waals surface area (Å²) in [7, 11) is 3.15. The van der Waals surface area contributed by atoms with Crippen LogP contribution in [0.25, 0.3) is 11.4 Å². The quantitative estimate of drug-likeness (QED) is 0.738. The second kappa shape index (κ2) is 7.36. The molecule has 1 N–H and O–H groups in total. The first kappa shape index (κ1) is 16.3. The van der Waals surface area contributed by atoms with Crippen LogP contribution in [0.2, 0.25) is 0 Å². The minimum Gasteiger partial charge on any atom is -0.493 e. The third-order valence-electron chi connectivity index (χ3n) is 3.55. The van der Waals surface area contributed by atoms with Crippen molar-refractivity contribution in [1.29, 1.82) is 5.26 Å². The lowest BCUT2D eigenvalue weighted by Gasteiger charge is -2.07. The Labute approximate surface area is 144 Å². The van der Waals surface area contributed by atoms with Gasteiger partial charge in [-0.15, -0.1) is 0 Å². The van der Waals surface area contributed by atoms with Crippen molar-refractivity contribution in [1.82, 2.24) is 10.1 Å². The van der Waals surface area contributed by atoms with Gasteiger partial charge in [-0.25, -0.2) is 0 Å². The number of nitriles is 1. The zero-order chi connectivity index (χ0) is 17.6. The predicted molar refractivity (Wildman–Crippen MR) is 91.3 cm³/mol. The van der Waals surface area contributed by atoms with Gasteiger partial charge in [0.05, 0.1) is 32.4 Å². The Morgan fingerprint density at radius 3 is 2.72 bits per heavy atom. The van der Waals surface area contributed by atoms with E-state index in [1.807, 2.05) is 18.2 Å². The van der Waals surface area contributed by atoms with Crippen LogP contribution in [0.1, 0.15) is 11.5 Å². The maximum Gasteiger partial charge on any atom is 0.246 e. The second-order valence-electron chi connectivity index (χ2n) is 5.13. The van der Waals surface area contributed by atoms with E-state index in [9.17, 15) is 0 Å². The first-order valence-corrected chi connectivity index (χ1v) is 7.52. The predicted octanol–water partition coefficient (Wildman–Crippen LogP) is 3.24. The van der Waals surface area contributed by atoms with Crippen molar-refractivity contribution in [2.45, 2.75) is 6.54 Å². The molecule has 0 saturated carbocycles. The topological polar surface area (TPSA) is 93.2 Å². The Bertz CT molecular complexity index is 915. The van der Waals surface area contributed by atoms with Gasteiger partial charge in [0.25, 0.3) is 0 Å². The lowest BCUT2D eigenvalue weighted by Crippen LogP contribution is -1.99. The number of methoxy groups -OCH3 is 2. The van der Waals surface area contributed by atoms with E-state index in [-0.39, 0.29) is 0 Å². The van der Waals surface area contributed by atoms with Crippen molar-refractivity contribution in [2.75, 3.05) is 19.5 Å². The summed E-state index contributed by atoms with van der Waals surface area (Å²) in [6.07, 6.45) is 0. The van der Waals surface area contributed by atoms with Crippen LogP contribution >= 0.6 is 0 Å². The van der Waals surface area contributed by atoms with Gasteiger partial charge in [0, 0.05) is 11.3 Å². The van der Waals surface area contributed by atoms with Crippen molar-refractivity contribution >= 4 is 5.69 Å². The molecule has 0 aliphatic heterocycles. The van der Waals surface area contributed by atoms with E-state index in [1.54, 1.807) is 38.5 Å². The van der Waals surface area contributed by atoms with Crippen molar-refractivity contribution in [3.8, 4) is 29.0 Å². The lowest BCUT2D eigenvalue weighted by atomic mass is 10.2. The third-order valence-corrected chi connectivity index (χ3v) is 3.55. The second-order valence-corrected chi connectivity index (χ2v) is 5.13. The van der Waals surface area contributed by atoms with E-state index in [4.69, 9.17) is 19.3 Å². The number of hydrogen-bond acceptors (Lipinski definition) is 7. The fourth-order valence-electron chi connectivity index (χ4n) is 2.30. The molecule has 3 aromatic rings. The third kappa shape index (κ3) is 3.70. The molecule has 0 unspecified atom stereocenters. The first-order valence-electron chi connectivity index (χ1n) is 7.52. The smallest absolute Gasteiger partial charge is 0.246 e. The minimum absolute atomic E-state index is 0.356. The number of aromatic nitrogens is 2. The standard InChI is InChI=1S/C18H16N4O3/c1-23-15-7-6-13(9-16(15)24-2)18-21-17(25-22-18)11-20-14-5-3-4-12(8-14)10-19/h3-9,20H,11H2,1-2H3. The molecule has 25 heavy (non-hydrogen) atoms. The molecule has 0 bridgehead atoms. The Hall–Kier alpha value is -3.53. The molecule has 126 valence electrons. The molecule has 0 atom stereocenters. The Kier molecular flexibility index (Phi) is 4.81. The van der Waals surface area contributed by atoms with Gasteiger partial charge >= 0.3 is 0 Å². The molecule has 7 nitrogen and oxygen atoms in total. The van der Waals surface area contributed by atoms with E-state index >= 15 is 0 Å². The maximum atomic E-state index is 8.92. The summed E-state index contributed by atoms with van der Waals surface area (Å²) in [5.74, 6) is 2.13. The Morgan fingerprint density at radius 2 is 1.96 bits per heavy atom. The summed E-state index contributed by atoms with van der Waals surface area (Å²) in [6, 6.07) is 14.7. The molecular formula is C18H16N4O3. The van der Waals surface area contributed by atoms with Gasteiger partial charge in [-0.2, -0.15) is 10.2 Å². The number of anilines is 1. The molecule has 0 amide bonds. The highest BCUT2D eigenvalue weighted by Crippen LogP contribution is 2.31. The van der Waals surface area contributed by atoms with E-state index in [1.165, 1.54) is 0 Å². The van der Waals surface area contributed by atoms with E-state index in [0.717, 1.165) is 11.3 Å². The highest BCUT2D eigenvalue weighted by atomic mass is 16.5. The van der Waals surface area contributed by atoms with Crippen molar-refractivity contribution in [2.24, 2.45) is 0 Å². The van der Waals surface area contributed by atoms with Crippen LogP contribution in [0.5, 0.6) is 11.5 Å². The molecule has 0 radical (unpaired) electrons. The molecule has 0 fully saturated rings. The van der Waals surface area contributed by atoms with E-state index < -0.39 is 0 Å². The maximum absolute atomic E-state index is 8.92. The van der Waals surface area contributed by atoms with Crippen LogP contribution in [-0.2, 0) is 6.54 Å². The summed E-state index contributed by atoms with van der Waals surface area (Å²) < 4.78 is 15.8. The van der Waals surface area contributed by atoms with Gasteiger partial charge in [-0.05, 0) is 36.4 Å². The van der Waals surface area contributed by atoms with Crippen molar-refractivity contribution < 1.29 is 14.0 Å². The molecule has 7 heteroatoms. The highest BCUT2D eigenvalue weighted by molar-refractivity contribution is 5.60. The number of nitrogens with one attached hydrogen (secondary N) is 1. The van der Waals surface area contributed by atoms with Crippen molar-refractivity contribution in [3.05, 3.63) is 53.9 Å². The number of hydrogen-bond donors (Lipinski definition) is 1. The normalized spacial score (nSPS) is 10.1. The van der Waals surface area contributed by atoms with Gasteiger partial charge in [0.1, 0.15) is 0 Å². The highest BCUT2D eigenvalue weighted by Gasteiger charge is 2.12. The van der Waals surface area contributed by atoms with E-state index in [0.29, 0.717) is 35.3 Å². The summed E-state index contributed by atoms with van der Waals surface area (Å²) in [5.41, 5.74) is 2.16. The lowest BCUT2D eigenvalue weighted by molar-refractivity contribution is 0.355. The molecular weight excluding hydrogens is 320 g/mol. The van der Waals surface area contributed by atoms with Gasteiger partial charge < -0.3 is 19.3 Å². The first-order chi connectivity index (χ1) is 12.2. The van der Waals surface area contributed by atoms with Crippen LogP contribution in [-0.4, -0.2) is 24.4 Å². The van der Waals surface area contributed by atoms with Gasteiger partial charge in [-0.3, -0.25) is 0 Å². The van der Waals surface area contributed by atoms with Gasteiger partial charge in [0.2, 0.25) is 11.7 Å². The summed E-state index contributed by atoms with van der Waals surface area (Å²) >= 11 is 0. The fraction of sp³-hybridized carbons (Fsp3) is 0.167. The molecule has 1 aromatic heterocycles. The molecule has 0 aliphatic rings. The monoisotopic (exact) mass is 336 g/mol. The van der Waals surface area contributed by atoms with Crippen LogP contribution in [0, 0.1) is 11.3 Å². The zero-order valence-electron chi connectivity index (χ0n) is 13.8.